The first-order valence-electron chi connectivity index (χ1n) is 12.0. The first-order chi connectivity index (χ1) is 17.4. The third-order valence-electron chi connectivity index (χ3n) is 6.28. The highest BCUT2D eigenvalue weighted by molar-refractivity contribution is 5.82. The van der Waals surface area contributed by atoms with Gasteiger partial charge in [0.1, 0.15) is 5.82 Å². The zero-order valence-electron chi connectivity index (χ0n) is 20.1. The summed E-state index contributed by atoms with van der Waals surface area (Å²) >= 11 is 0. The van der Waals surface area contributed by atoms with Gasteiger partial charge in [-0.2, -0.15) is 0 Å². The monoisotopic (exact) mass is 492 g/mol. The van der Waals surface area contributed by atoms with E-state index in [0.717, 1.165) is 6.54 Å². The minimum absolute atomic E-state index is 0.158. The van der Waals surface area contributed by atoms with Crippen molar-refractivity contribution in [3.63, 3.8) is 0 Å². The number of ether oxygens (including phenoxy) is 2. The third-order valence-corrected chi connectivity index (χ3v) is 6.28. The number of nitrogens with zero attached hydrogens (tertiary/aromatic N) is 3. The van der Waals surface area contributed by atoms with Crippen LogP contribution in [0.5, 0.6) is 0 Å². The van der Waals surface area contributed by atoms with Gasteiger partial charge in [-0.1, -0.05) is 6.08 Å². The number of rotatable bonds is 9. The number of anilines is 1. The molecule has 1 saturated carbocycles. The van der Waals surface area contributed by atoms with Crippen LogP contribution in [0.25, 0.3) is 22.6 Å². The maximum atomic E-state index is 13.6. The average molecular weight is 493 g/mol. The van der Waals surface area contributed by atoms with Crippen molar-refractivity contribution < 1.29 is 18.7 Å². The van der Waals surface area contributed by atoms with Gasteiger partial charge in [0.05, 0.1) is 35.7 Å². The van der Waals surface area contributed by atoms with E-state index in [4.69, 9.17) is 14.5 Å². The average Bonchev–Trinajstić information content (AvgIpc) is 3.63. The van der Waals surface area contributed by atoms with Gasteiger partial charge in [-0.3, -0.25) is 4.79 Å². The highest BCUT2D eigenvalue weighted by Gasteiger charge is 2.40. The number of halogens is 1. The van der Waals surface area contributed by atoms with Crippen molar-refractivity contribution in [3.8, 4) is 22.6 Å². The van der Waals surface area contributed by atoms with E-state index in [1.165, 1.54) is 25.0 Å². The van der Waals surface area contributed by atoms with Crippen LogP contribution in [0.3, 0.4) is 0 Å². The van der Waals surface area contributed by atoms with Crippen LogP contribution in [-0.2, 0) is 14.3 Å². The second kappa shape index (κ2) is 10.2. The summed E-state index contributed by atoms with van der Waals surface area (Å²) in [6.45, 7) is 6.93. The van der Waals surface area contributed by atoms with Crippen LogP contribution in [-0.4, -0.2) is 52.1 Å². The molecule has 36 heavy (non-hydrogen) atoms. The lowest BCUT2D eigenvalue weighted by Gasteiger charge is -2.35. The number of hydrogen-bond acceptors (Lipinski definition) is 7. The quantitative estimate of drug-likeness (QED) is 0.389. The highest BCUT2D eigenvalue weighted by atomic mass is 19.1. The maximum absolute atomic E-state index is 13.6. The molecule has 3 heterocycles. The van der Waals surface area contributed by atoms with Crippen LogP contribution in [0.1, 0.15) is 31.9 Å². The maximum Gasteiger partial charge on any atom is 0.230 e. The highest BCUT2D eigenvalue weighted by Crippen LogP contribution is 2.36. The number of carbonyl (C=O) groups is 1. The van der Waals surface area contributed by atoms with Crippen molar-refractivity contribution in [1.82, 2.24) is 25.3 Å². The summed E-state index contributed by atoms with van der Waals surface area (Å²) in [7, 11) is 0. The van der Waals surface area contributed by atoms with Crippen LogP contribution in [0.2, 0.25) is 0 Å². The molecule has 0 atom stereocenters. The minimum Gasteiger partial charge on any atom is -0.354 e. The van der Waals surface area contributed by atoms with Gasteiger partial charge in [0.25, 0.3) is 0 Å². The van der Waals surface area contributed by atoms with Gasteiger partial charge in [-0.15, -0.1) is 6.58 Å². The smallest absolute Gasteiger partial charge is 0.230 e. The van der Waals surface area contributed by atoms with Gasteiger partial charge in [-0.05, 0) is 56.0 Å². The first-order valence-corrected chi connectivity index (χ1v) is 12.0. The van der Waals surface area contributed by atoms with E-state index < -0.39 is 11.7 Å². The Bertz CT molecular complexity index is 1230. The van der Waals surface area contributed by atoms with Gasteiger partial charge in [0.15, 0.2) is 5.82 Å². The molecule has 188 valence electrons. The lowest BCUT2D eigenvalue weighted by atomic mass is 9.91. The number of benzene rings is 1. The Morgan fingerprint density at radius 1 is 1.22 bits per heavy atom. The molecule has 5 rings (SSSR count). The Balaban J connectivity index is 1.41. The van der Waals surface area contributed by atoms with Crippen LogP contribution < -0.4 is 10.6 Å². The number of H-pyrrole nitrogens is 1. The Labute approximate surface area is 208 Å². The lowest BCUT2D eigenvalue weighted by Crippen LogP contribution is -2.48. The van der Waals surface area contributed by atoms with E-state index in [-0.39, 0.29) is 24.9 Å². The van der Waals surface area contributed by atoms with Crippen molar-refractivity contribution in [2.45, 2.75) is 26.1 Å². The van der Waals surface area contributed by atoms with Crippen molar-refractivity contribution in [2.75, 3.05) is 31.6 Å². The third kappa shape index (κ3) is 5.29. The summed E-state index contributed by atoms with van der Waals surface area (Å²) in [5.74, 6) is 1.14. The Morgan fingerprint density at radius 2 is 1.97 bits per heavy atom. The zero-order chi connectivity index (χ0) is 25.1. The van der Waals surface area contributed by atoms with Crippen molar-refractivity contribution in [1.29, 1.82) is 0 Å². The molecular formula is C26H29FN6O3. The fourth-order valence-electron chi connectivity index (χ4n) is 3.92. The molecule has 1 saturated heterocycles. The van der Waals surface area contributed by atoms with Crippen molar-refractivity contribution in [2.24, 2.45) is 11.3 Å². The number of imidazole rings is 1. The molecule has 1 amide bonds. The fourth-order valence-corrected chi connectivity index (χ4v) is 3.92. The molecule has 0 spiro atoms. The number of amides is 1. The van der Waals surface area contributed by atoms with Gasteiger partial charge >= 0.3 is 0 Å². The van der Waals surface area contributed by atoms with Crippen LogP contribution >= 0.6 is 0 Å². The van der Waals surface area contributed by atoms with E-state index in [2.05, 4.69) is 32.2 Å². The van der Waals surface area contributed by atoms with Gasteiger partial charge in [0, 0.05) is 24.8 Å². The largest absolute Gasteiger partial charge is 0.354 e. The number of aromatic amines is 1. The number of carbonyl (C=O) groups excluding carboxylic acids is 1. The molecule has 0 bridgehead atoms. The van der Waals surface area contributed by atoms with Crippen LogP contribution in [0.4, 0.5) is 10.3 Å². The molecule has 9 nitrogen and oxygen atoms in total. The standard InChI is InChI=1S/C26H29FN6O3/c1-3-11-28-24(34)26(2)14-35-23(36-15-26)22-32-20(17-6-8-18(27)9-7-17)21(33-22)19-10-12-29-25(31-19)30-13-16-4-5-16/h3,6-10,12,16,23H,1,4-5,11,13-15H2,2H3,(H,28,34)(H,32,33)(H,29,30,31). The summed E-state index contributed by atoms with van der Waals surface area (Å²) in [4.78, 5) is 29.5. The summed E-state index contributed by atoms with van der Waals surface area (Å²) in [5.41, 5.74) is 1.73. The summed E-state index contributed by atoms with van der Waals surface area (Å²) in [6, 6.07) is 7.88. The summed E-state index contributed by atoms with van der Waals surface area (Å²) in [6.07, 6.45) is 4.96. The molecule has 2 aliphatic rings. The topological polar surface area (TPSA) is 114 Å². The Morgan fingerprint density at radius 3 is 2.67 bits per heavy atom. The van der Waals surface area contributed by atoms with E-state index in [1.807, 2.05) is 0 Å². The van der Waals surface area contributed by atoms with Crippen LogP contribution in [0.15, 0.2) is 49.2 Å². The van der Waals surface area contributed by atoms with Crippen LogP contribution in [0, 0.1) is 17.2 Å². The molecule has 1 aromatic carbocycles. The molecule has 0 radical (unpaired) electrons. The molecule has 2 aromatic heterocycles. The minimum atomic E-state index is -0.830. The molecule has 10 heteroatoms. The van der Waals surface area contributed by atoms with Gasteiger partial charge in [-0.25, -0.2) is 19.3 Å². The molecule has 3 N–H and O–H groups in total. The second-order valence-electron chi connectivity index (χ2n) is 9.46. The van der Waals surface area contributed by atoms with Crippen molar-refractivity contribution in [3.05, 3.63) is 60.8 Å². The SMILES string of the molecule is C=CCNC(=O)C1(C)COC(c2nc(-c3ccc(F)cc3)c(-c3ccnc(NCC4CC4)n3)[nH]2)OC1. The first kappa shape index (κ1) is 24.1. The molecule has 0 unspecified atom stereocenters. The Kier molecular flexibility index (Phi) is 6.80. The van der Waals surface area contributed by atoms with Crippen molar-refractivity contribution >= 4 is 11.9 Å². The zero-order valence-corrected chi connectivity index (χ0v) is 20.1. The normalized spacial score (nSPS) is 21.7. The van der Waals surface area contributed by atoms with E-state index in [9.17, 15) is 9.18 Å². The predicted octanol–water partition coefficient (Wildman–Crippen LogP) is 3.85. The fraction of sp³-hybridized carbons (Fsp3) is 0.385. The second-order valence-corrected chi connectivity index (χ2v) is 9.46. The summed E-state index contributed by atoms with van der Waals surface area (Å²) in [5, 5.41) is 6.08. The van der Waals surface area contributed by atoms with E-state index >= 15 is 0 Å². The number of hydrogen-bond donors (Lipinski definition) is 3. The van der Waals surface area contributed by atoms with Gasteiger partial charge in [0.2, 0.25) is 18.1 Å². The van der Waals surface area contributed by atoms with Gasteiger partial charge < -0.3 is 25.1 Å². The van der Waals surface area contributed by atoms with E-state index in [0.29, 0.717) is 46.9 Å². The molecule has 1 aliphatic carbocycles. The lowest BCUT2D eigenvalue weighted by molar-refractivity contribution is -0.230. The number of nitrogens with one attached hydrogen (secondary N) is 3. The Hall–Kier alpha value is -3.63. The predicted molar refractivity (Wildman–Crippen MR) is 132 cm³/mol. The molecule has 2 fully saturated rings. The summed E-state index contributed by atoms with van der Waals surface area (Å²) < 4.78 is 25.5. The number of aromatic nitrogens is 4. The molecule has 1 aliphatic heterocycles. The molecule has 3 aromatic rings. The molecular weight excluding hydrogens is 463 g/mol. The van der Waals surface area contributed by atoms with E-state index in [1.54, 1.807) is 37.4 Å².